The molecule has 3 aromatic rings. The zero-order chi connectivity index (χ0) is 16.4. The lowest BCUT2D eigenvalue weighted by Crippen LogP contribution is -2.13. The monoisotopic (exact) mass is 329 g/mol. The number of hydrogen-bond acceptors (Lipinski definition) is 5. The van der Waals surface area contributed by atoms with Crippen molar-refractivity contribution in [2.45, 2.75) is 4.90 Å². The molecule has 23 heavy (non-hydrogen) atoms. The number of nitrogens with zero attached hydrogens (tertiary/aromatic N) is 2. The summed E-state index contributed by atoms with van der Waals surface area (Å²) in [5.74, 6) is 0.721. The highest BCUT2D eigenvalue weighted by Gasteiger charge is 2.15. The number of nitrogens with two attached hydrogens (primary N) is 2. The Bertz CT molecular complexity index is 905. The Hall–Kier alpha value is -2.84. The van der Waals surface area contributed by atoms with Gasteiger partial charge in [0.25, 0.3) is 0 Å². The van der Waals surface area contributed by atoms with Crippen molar-refractivity contribution < 1.29 is 8.42 Å². The molecule has 0 spiro atoms. The lowest BCUT2D eigenvalue weighted by Gasteiger charge is -2.23. The van der Waals surface area contributed by atoms with E-state index >= 15 is 0 Å². The molecule has 0 unspecified atom stereocenters. The molecule has 0 radical (unpaired) electrons. The normalized spacial score (nSPS) is 11.3. The first-order valence-corrected chi connectivity index (χ1v) is 8.28. The van der Waals surface area contributed by atoms with Crippen LogP contribution in [0.5, 0.6) is 0 Å². The van der Waals surface area contributed by atoms with Gasteiger partial charge in [-0.25, -0.2) is 13.6 Å². The number of aromatic amines is 1. The van der Waals surface area contributed by atoms with Crippen LogP contribution in [0.3, 0.4) is 0 Å². The topological polar surface area (TPSA) is 118 Å². The van der Waals surface area contributed by atoms with Crippen molar-refractivity contribution in [2.75, 3.05) is 10.6 Å². The highest BCUT2D eigenvalue weighted by Crippen LogP contribution is 2.34. The fraction of sp³-hybridized carbons (Fsp3) is 0. The van der Waals surface area contributed by atoms with Gasteiger partial charge >= 0.3 is 0 Å². The van der Waals surface area contributed by atoms with Crippen molar-refractivity contribution in [3.63, 3.8) is 0 Å². The summed E-state index contributed by atoms with van der Waals surface area (Å²) in [6.45, 7) is 0. The van der Waals surface area contributed by atoms with Crippen LogP contribution < -0.4 is 15.8 Å². The molecule has 0 saturated heterocycles. The maximum atomic E-state index is 11.4. The predicted molar refractivity (Wildman–Crippen MR) is 89.1 cm³/mol. The van der Waals surface area contributed by atoms with Gasteiger partial charge in [-0.15, -0.1) is 0 Å². The van der Waals surface area contributed by atoms with Gasteiger partial charge in [0, 0.05) is 23.1 Å². The van der Waals surface area contributed by atoms with Crippen LogP contribution in [0.25, 0.3) is 0 Å². The lowest BCUT2D eigenvalue weighted by molar-refractivity contribution is 0.598. The molecule has 0 atom stereocenters. The minimum Gasteiger partial charge on any atom is -0.399 e. The van der Waals surface area contributed by atoms with Crippen molar-refractivity contribution in [1.82, 2.24) is 10.2 Å². The molecule has 1 aromatic heterocycles. The maximum absolute atomic E-state index is 11.4. The Balaban J connectivity index is 2.09. The van der Waals surface area contributed by atoms with E-state index < -0.39 is 10.0 Å². The molecular weight excluding hydrogens is 314 g/mol. The maximum Gasteiger partial charge on any atom is 0.238 e. The summed E-state index contributed by atoms with van der Waals surface area (Å²) in [5.41, 5.74) is 8.04. The van der Waals surface area contributed by atoms with Crippen LogP contribution >= 0.6 is 0 Å². The first-order valence-electron chi connectivity index (χ1n) is 6.73. The van der Waals surface area contributed by atoms with E-state index in [4.69, 9.17) is 10.9 Å². The predicted octanol–water partition coefficient (Wildman–Crippen LogP) is 2.11. The summed E-state index contributed by atoms with van der Waals surface area (Å²) in [4.78, 5) is 1.93. The summed E-state index contributed by atoms with van der Waals surface area (Å²) in [5, 5.41) is 12.0. The van der Waals surface area contributed by atoms with Crippen LogP contribution in [0.15, 0.2) is 65.7 Å². The van der Waals surface area contributed by atoms with E-state index in [2.05, 4.69) is 10.2 Å². The number of rotatable bonds is 4. The summed E-state index contributed by atoms with van der Waals surface area (Å²) < 4.78 is 22.8. The fourth-order valence-electron chi connectivity index (χ4n) is 2.25. The van der Waals surface area contributed by atoms with Crippen molar-refractivity contribution >= 4 is 32.9 Å². The summed E-state index contributed by atoms with van der Waals surface area (Å²) in [6.07, 6.45) is 1.63. The molecule has 3 rings (SSSR count). The Morgan fingerprint density at radius 1 is 1.00 bits per heavy atom. The molecule has 1 heterocycles. The van der Waals surface area contributed by atoms with E-state index in [0.29, 0.717) is 5.69 Å². The minimum absolute atomic E-state index is 0.0541. The van der Waals surface area contributed by atoms with E-state index in [1.54, 1.807) is 30.5 Å². The van der Waals surface area contributed by atoms with Gasteiger partial charge in [0.15, 0.2) is 0 Å². The number of benzene rings is 2. The Morgan fingerprint density at radius 3 is 2.30 bits per heavy atom. The van der Waals surface area contributed by atoms with E-state index in [1.165, 1.54) is 12.1 Å². The number of nitrogens with one attached hydrogen (secondary N) is 1. The van der Waals surface area contributed by atoms with Gasteiger partial charge in [-0.1, -0.05) is 6.07 Å². The van der Waals surface area contributed by atoms with Crippen molar-refractivity contribution in [3.05, 3.63) is 60.8 Å². The number of hydrogen-bond donors (Lipinski definition) is 3. The molecule has 0 aliphatic carbocycles. The molecule has 5 N–H and O–H groups in total. The quantitative estimate of drug-likeness (QED) is 0.634. The third-order valence-corrected chi connectivity index (χ3v) is 4.21. The second-order valence-corrected chi connectivity index (χ2v) is 6.47. The number of sulfonamides is 1. The van der Waals surface area contributed by atoms with Gasteiger partial charge in [-0.05, 0) is 42.5 Å². The molecule has 0 aliphatic rings. The first-order chi connectivity index (χ1) is 10.9. The number of nitrogen functional groups attached to an aromatic ring is 1. The van der Waals surface area contributed by atoms with Gasteiger partial charge < -0.3 is 5.73 Å². The molecule has 0 bridgehead atoms. The van der Waals surface area contributed by atoms with Crippen LogP contribution in [-0.2, 0) is 10.0 Å². The molecule has 2 aromatic carbocycles. The molecule has 0 saturated carbocycles. The molecule has 0 fully saturated rings. The Morgan fingerprint density at radius 2 is 1.74 bits per heavy atom. The van der Waals surface area contributed by atoms with Gasteiger partial charge in [-0.2, -0.15) is 5.10 Å². The number of anilines is 4. The molecule has 0 amide bonds. The van der Waals surface area contributed by atoms with Crippen LogP contribution in [0.4, 0.5) is 22.9 Å². The Labute approximate surface area is 133 Å². The fourth-order valence-corrected chi connectivity index (χ4v) is 2.76. The van der Waals surface area contributed by atoms with Gasteiger partial charge in [-0.3, -0.25) is 10.00 Å². The Kier molecular flexibility index (Phi) is 3.77. The second kappa shape index (κ2) is 5.75. The van der Waals surface area contributed by atoms with Crippen molar-refractivity contribution in [2.24, 2.45) is 5.14 Å². The van der Waals surface area contributed by atoms with Crippen LogP contribution in [0, 0.1) is 0 Å². The molecule has 118 valence electrons. The number of aromatic nitrogens is 2. The van der Waals surface area contributed by atoms with Gasteiger partial charge in [0.2, 0.25) is 10.0 Å². The molecule has 0 aliphatic heterocycles. The van der Waals surface area contributed by atoms with Crippen LogP contribution in [0.2, 0.25) is 0 Å². The molecule has 8 heteroatoms. The van der Waals surface area contributed by atoms with E-state index in [0.717, 1.165) is 17.2 Å². The highest BCUT2D eigenvalue weighted by atomic mass is 32.2. The lowest BCUT2D eigenvalue weighted by atomic mass is 10.2. The third-order valence-electron chi connectivity index (χ3n) is 3.28. The zero-order valence-electron chi connectivity index (χ0n) is 12.0. The SMILES string of the molecule is Nc1cccc(N(c2ccc(S(N)(=O)=O)cc2)c2ccn[nH]2)c1. The number of H-pyrrole nitrogens is 1. The van der Waals surface area contributed by atoms with E-state index in [1.807, 2.05) is 23.1 Å². The van der Waals surface area contributed by atoms with E-state index in [-0.39, 0.29) is 4.90 Å². The van der Waals surface area contributed by atoms with Gasteiger partial charge in [0.05, 0.1) is 11.1 Å². The third kappa shape index (κ3) is 3.17. The average Bonchev–Trinajstić information content (AvgIpc) is 3.01. The first kappa shape index (κ1) is 15.1. The molecule has 7 nitrogen and oxygen atoms in total. The summed E-state index contributed by atoms with van der Waals surface area (Å²) in [7, 11) is -3.73. The summed E-state index contributed by atoms with van der Waals surface area (Å²) >= 11 is 0. The minimum atomic E-state index is -3.73. The van der Waals surface area contributed by atoms with Crippen molar-refractivity contribution in [3.8, 4) is 0 Å². The smallest absolute Gasteiger partial charge is 0.238 e. The molecular formula is C15H15N5O2S. The van der Waals surface area contributed by atoms with Crippen LogP contribution in [0.1, 0.15) is 0 Å². The second-order valence-electron chi connectivity index (χ2n) is 4.91. The van der Waals surface area contributed by atoms with Gasteiger partial charge in [0.1, 0.15) is 5.82 Å². The standard InChI is InChI=1S/C15H15N5O2S/c16-11-2-1-3-13(10-11)20(15-8-9-18-19-15)12-4-6-14(7-5-12)23(17,21)22/h1-10H,16H2,(H,18,19)(H2,17,21,22). The largest absolute Gasteiger partial charge is 0.399 e. The highest BCUT2D eigenvalue weighted by molar-refractivity contribution is 7.89. The van der Waals surface area contributed by atoms with Crippen molar-refractivity contribution in [1.29, 1.82) is 0 Å². The zero-order valence-corrected chi connectivity index (χ0v) is 12.9. The average molecular weight is 329 g/mol. The van der Waals surface area contributed by atoms with E-state index in [9.17, 15) is 8.42 Å². The van der Waals surface area contributed by atoms with Crippen LogP contribution in [-0.4, -0.2) is 18.6 Å². The summed E-state index contributed by atoms with van der Waals surface area (Å²) in [6, 6.07) is 15.4. The number of primary sulfonamides is 1.